The summed E-state index contributed by atoms with van der Waals surface area (Å²) in [6.45, 7) is 0. The van der Waals surface area contributed by atoms with Crippen LogP contribution >= 0.6 is 0 Å². The first-order valence-corrected chi connectivity index (χ1v) is 8.13. The van der Waals surface area contributed by atoms with E-state index in [0.717, 1.165) is 0 Å². The van der Waals surface area contributed by atoms with Gasteiger partial charge in [-0.1, -0.05) is 0 Å². The molecule has 1 rings (SSSR count). The summed E-state index contributed by atoms with van der Waals surface area (Å²) in [5, 5.41) is 0. The van der Waals surface area contributed by atoms with Gasteiger partial charge in [0.05, 0.1) is 0 Å². The second-order valence-corrected chi connectivity index (χ2v) is 7.12. The Morgan fingerprint density at radius 1 is 0.778 bits per heavy atom. The molecule has 0 aromatic heterocycles. The van der Waals surface area contributed by atoms with Gasteiger partial charge in [0.25, 0.3) is 30.4 Å². The predicted molar refractivity (Wildman–Crippen MR) is 54.7 cm³/mol. The number of hydrogen-bond acceptors (Lipinski definition) is 6. The minimum absolute atomic E-state index is 0.147. The first-order chi connectivity index (χ1) is 7.83. The van der Waals surface area contributed by atoms with Crippen molar-refractivity contribution < 1.29 is 38.9 Å². The molecule has 1 radical (unpaired) electrons. The van der Waals surface area contributed by atoms with Crippen LogP contribution in [-0.2, 0) is 30.4 Å². The van der Waals surface area contributed by atoms with Crippen molar-refractivity contribution in [3.63, 3.8) is 0 Å². The molecule has 0 atom stereocenters. The van der Waals surface area contributed by atoms with E-state index < -0.39 is 45.0 Å². The molecule has 0 spiro atoms. The van der Waals surface area contributed by atoms with E-state index in [9.17, 15) is 25.3 Å². The Balaban J connectivity index is 3.83. The molecule has 3 N–H and O–H groups in total. The van der Waals surface area contributed by atoms with Crippen LogP contribution in [-0.4, -0.2) is 38.9 Å². The molecule has 1 aromatic rings. The summed E-state index contributed by atoms with van der Waals surface area (Å²) in [6.07, 6.45) is 0. The molecule has 12 heteroatoms. The molecule has 9 nitrogen and oxygen atoms in total. The summed E-state index contributed by atoms with van der Waals surface area (Å²) in [5.41, 5.74) is 0. The summed E-state index contributed by atoms with van der Waals surface area (Å²) in [7, 11) is -15.0. The molecule has 0 saturated carbocycles. The summed E-state index contributed by atoms with van der Waals surface area (Å²) >= 11 is 0. The lowest BCUT2D eigenvalue weighted by Crippen LogP contribution is -2.10. The summed E-state index contributed by atoms with van der Waals surface area (Å²) < 4.78 is 90.8. The molecule has 101 valence electrons. The zero-order valence-electron chi connectivity index (χ0n) is 8.17. The molecule has 0 unspecified atom stereocenters. The van der Waals surface area contributed by atoms with Gasteiger partial charge in [0.2, 0.25) is 0 Å². The summed E-state index contributed by atoms with van der Waals surface area (Å²) in [6, 6.07) is 2.18. The van der Waals surface area contributed by atoms with Crippen LogP contribution in [0, 0.1) is 6.07 Å². The summed E-state index contributed by atoms with van der Waals surface area (Å²) in [4.78, 5) is -3.74. The highest BCUT2D eigenvalue weighted by Crippen LogP contribution is 2.23. The average Bonchev–Trinajstić information content (AvgIpc) is 2.12. The lowest BCUT2D eigenvalue weighted by molar-refractivity contribution is 0.464. The van der Waals surface area contributed by atoms with E-state index in [4.69, 9.17) is 13.7 Å². The van der Waals surface area contributed by atoms with E-state index in [1.807, 2.05) is 0 Å². The monoisotopic (exact) mass is 317 g/mol. The van der Waals surface area contributed by atoms with Gasteiger partial charge in [-0.25, -0.2) is 0 Å². The van der Waals surface area contributed by atoms with Crippen molar-refractivity contribution in [3.05, 3.63) is 18.2 Å². The van der Waals surface area contributed by atoms with Gasteiger partial charge in [-0.2, -0.15) is 25.3 Å². The molecular formula is C6H5O9S3. The lowest BCUT2D eigenvalue weighted by Gasteiger charge is -2.05. The number of benzene rings is 1. The Bertz CT molecular complexity index is 785. The molecule has 0 aliphatic carbocycles. The fourth-order valence-electron chi connectivity index (χ4n) is 0.992. The maximum atomic E-state index is 10.9. The van der Waals surface area contributed by atoms with Crippen molar-refractivity contribution >= 4 is 30.4 Å². The maximum Gasteiger partial charge on any atom is 0.295 e. The third kappa shape index (κ3) is 3.24. The molecule has 0 bridgehead atoms. The van der Waals surface area contributed by atoms with E-state index in [1.165, 1.54) is 0 Å². The quantitative estimate of drug-likeness (QED) is 0.607. The first kappa shape index (κ1) is 15.0. The van der Waals surface area contributed by atoms with Crippen LogP contribution in [0.1, 0.15) is 0 Å². The third-order valence-electron chi connectivity index (χ3n) is 1.68. The fourth-order valence-corrected chi connectivity index (χ4v) is 3.27. The Labute approximate surface area is 102 Å². The average molecular weight is 317 g/mol. The third-order valence-corrected chi connectivity index (χ3v) is 4.39. The van der Waals surface area contributed by atoms with Crippen LogP contribution in [0.4, 0.5) is 0 Å². The van der Waals surface area contributed by atoms with Crippen molar-refractivity contribution in [2.75, 3.05) is 0 Å². The van der Waals surface area contributed by atoms with Crippen LogP contribution in [0.3, 0.4) is 0 Å². The van der Waals surface area contributed by atoms with Crippen LogP contribution in [0.5, 0.6) is 0 Å². The zero-order valence-corrected chi connectivity index (χ0v) is 10.6. The van der Waals surface area contributed by atoms with Gasteiger partial charge in [-0.3, -0.25) is 13.7 Å². The van der Waals surface area contributed by atoms with Crippen LogP contribution in [0.25, 0.3) is 0 Å². The van der Waals surface area contributed by atoms with E-state index in [0.29, 0.717) is 6.07 Å². The Kier molecular flexibility index (Phi) is 3.55. The van der Waals surface area contributed by atoms with Crippen molar-refractivity contribution in [2.45, 2.75) is 14.7 Å². The molecule has 1 aromatic carbocycles. The fraction of sp³-hybridized carbons (Fsp3) is 0. The Morgan fingerprint density at radius 3 is 1.56 bits per heavy atom. The number of hydrogen-bond donors (Lipinski definition) is 3. The summed E-state index contributed by atoms with van der Waals surface area (Å²) in [5.74, 6) is 0. The standard InChI is InChI=1S/C6H5O9S3/c7-16(8,9)4-1-2-5(17(10,11)12)6(3-4)18(13,14)15/h2-3H,(H,7,8,9)(H,10,11,12)(H,13,14,15). The Morgan fingerprint density at radius 2 is 1.22 bits per heavy atom. The molecule has 0 amide bonds. The Hall–Kier alpha value is -1.05. The molecule has 0 aliphatic heterocycles. The van der Waals surface area contributed by atoms with Crippen LogP contribution < -0.4 is 0 Å². The maximum absolute atomic E-state index is 10.9. The highest BCUT2D eigenvalue weighted by Gasteiger charge is 2.26. The SMILES string of the molecule is O=S(=O)(O)c1[c]cc(S(=O)(=O)O)c(S(=O)(=O)O)c1. The highest BCUT2D eigenvalue weighted by atomic mass is 32.2. The molecular weight excluding hydrogens is 312 g/mol. The van der Waals surface area contributed by atoms with Gasteiger partial charge < -0.3 is 0 Å². The number of rotatable bonds is 3. The van der Waals surface area contributed by atoms with Gasteiger partial charge in [0, 0.05) is 6.07 Å². The van der Waals surface area contributed by atoms with E-state index in [2.05, 4.69) is 0 Å². The minimum Gasteiger partial charge on any atom is -0.282 e. The van der Waals surface area contributed by atoms with Crippen LogP contribution in [0.15, 0.2) is 26.8 Å². The van der Waals surface area contributed by atoms with Crippen LogP contribution in [0.2, 0.25) is 0 Å². The molecule has 0 heterocycles. The van der Waals surface area contributed by atoms with Gasteiger partial charge in [0.1, 0.15) is 14.7 Å². The minimum atomic E-state index is -5.13. The largest absolute Gasteiger partial charge is 0.295 e. The highest BCUT2D eigenvalue weighted by molar-refractivity contribution is 7.89. The molecule has 0 fully saturated rings. The van der Waals surface area contributed by atoms with Crippen molar-refractivity contribution in [1.29, 1.82) is 0 Å². The van der Waals surface area contributed by atoms with E-state index in [-0.39, 0.29) is 6.07 Å². The van der Waals surface area contributed by atoms with Crippen molar-refractivity contribution in [3.8, 4) is 0 Å². The zero-order chi connectivity index (χ0) is 14.4. The molecule has 18 heavy (non-hydrogen) atoms. The van der Waals surface area contributed by atoms with Crippen molar-refractivity contribution in [1.82, 2.24) is 0 Å². The normalized spacial score (nSPS) is 13.5. The smallest absolute Gasteiger partial charge is 0.282 e. The van der Waals surface area contributed by atoms with Gasteiger partial charge >= 0.3 is 0 Å². The topological polar surface area (TPSA) is 163 Å². The van der Waals surface area contributed by atoms with Gasteiger partial charge in [0.15, 0.2) is 0 Å². The van der Waals surface area contributed by atoms with Gasteiger partial charge in [-0.05, 0) is 12.1 Å². The molecule has 0 saturated heterocycles. The second-order valence-electron chi connectivity index (χ2n) is 2.95. The van der Waals surface area contributed by atoms with E-state index >= 15 is 0 Å². The van der Waals surface area contributed by atoms with Gasteiger partial charge in [-0.15, -0.1) is 0 Å². The van der Waals surface area contributed by atoms with E-state index in [1.54, 1.807) is 6.07 Å². The second kappa shape index (κ2) is 4.25. The van der Waals surface area contributed by atoms with Crippen molar-refractivity contribution in [2.24, 2.45) is 0 Å². The molecule has 0 aliphatic rings. The first-order valence-electron chi connectivity index (χ1n) is 3.81. The predicted octanol–water partition coefficient (Wildman–Crippen LogP) is -0.773. The lowest BCUT2D eigenvalue weighted by atomic mass is 10.4.